The number of carboxylic acids is 1. The number of urea groups is 1. The summed E-state index contributed by atoms with van der Waals surface area (Å²) < 4.78 is 0. The van der Waals surface area contributed by atoms with Crippen molar-refractivity contribution in [1.29, 1.82) is 0 Å². The molecular weight excluding hydrogens is 196 g/mol. The highest BCUT2D eigenvalue weighted by Crippen LogP contribution is 2.15. The first-order chi connectivity index (χ1) is 6.92. The van der Waals surface area contributed by atoms with Gasteiger partial charge in [0, 0.05) is 0 Å². The van der Waals surface area contributed by atoms with E-state index >= 15 is 0 Å². The lowest BCUT2D eigenvalue weighted by atomic mass is 9.94. The summed E-state index contributed by atoms with van der Waals surface area (Å²) in [7, 11) is 0. The van der Waals surface area contributed by atoms with E-state index in [1.807, 2.05) is 0 Å². The van der Waals surface area contributed by atoms with Crippen LogP contribution >= 0.6 is 0 Å². The lowest BCUT2D eigenvalue weighted by molar-refractivity contribution is -0.144. The molecule has 0 unspecified atom stereocenters. The van der Waals surface area contributed by atoms with Crippen LogP contribution in [0.2, 0.25) is 0 Å². The van der Waals surface area contributed by atoms with Gasteiger partial charge in [0.15, 0.2) is 0 Å². The van der Waals surface area contributed by atoms with Gasteiger partial charge in [-0.3, -0.25) is 0 Å². The van der Waals surface area contributed by atoms with Crippen LogP contribution in [0.15, 0.2) is 0 Å². The van der Waals surface area contributed by atoms with E-state index in [2.05, 4.69) is 12.2 Å². The Morgan fingerprint density at radius 1 is 1.33 bits per heavy atom. The summed E-state index contributed by atoms with van der Waals surface area (Å²) in [5.74, 6) is -1.04. The molecule has 0 aliphatic rings. The molecule has 88 valence electrons. The average molecular weight is 216 g/mol. The Labute approximate surface area is 90.0 Å². The van der Waals surface area contributed by atoms with Crippen molar-refractivity contribution in [2.75, 3.05) is 0 Å². The number of nitrogens with two attached hydrogens (primary N) is 1. The van der Waals surface area contributed by atoms with E-state index in [9.17, 15) is 9.59 Å². The first-order valence-electron chi connectivity index (χ1n) is 5.23. The minimum absolute atomic E-state index is 0.408. The van der Waals surface area contributed by atoms with E-state index in [4.69, 9.17) is 10.8 Å². The van der Waals surface area contributed by atoms with Gasteiger partial charge < -0.3 is 16.2 Å². The molecule has 0 aliphatic heterocycles. The molecule has 0 fully saturated rings. The minimum Gasteiger partial charge on any atom is -0.480 e. The highest BCUT2D eigenvalue weighted by atomic mass is 16.4. The van der Waals surface area contributed by atoms with E-state index in [1.54, 1.807) is 0 Å². The lowest BCUT2D eigenvalue weighted by Gasteiger charge is -2.25. The molecule has 0 saturated heterocycles. The van der Waals surface area contributed by atoms with Crippen LogP contribution in [0.1, 0.15) is 46.0 Å². The van der Waals surface area contributed by atoms with Gasteiger partial charge in [0.1, 0.15) is 5.54 Å². The van der Waals surface area contributed by atoms with Gasteiger partial charge in [-0.15, -0.1) is 0 Å². The number of primary amides is 1. The summed E-state index contributed by atoms with van der Waals surface area (Å²) in [6.45, 7) is 3.56. The highest BCUT2D eigenvalue weighted by Gasteiger charge is 2.33. The quantitative estimate of drug-likeness (QED) is 0.562. The predicted octanol–water partition coefficient (Wildman–Crippen LogP) is 1.47. The molecule has 0 spiro atoms. The number of nitrogens with one attached hydrogen (secondary N) is 1. The fourth-order valence-electron chi connectivity index (χ4n) is 1.40. The van der Waals surface area contributed by atoms with Crippen LogP contribution in [0.25, 0.3) is 0 Å². The maximum Gasteiger partial charge on any atom is 0.329 e. The summed E-state index contributed by atoms with van der Waals surface area (Å²) in [6.07, 6.45) is 4.32. The Morgan fingerprint density at radius 2 is 1.93 bits per heavy atom. The maximum absolute atomic E-state index is 11.0. The molecule has 1 atom stereocenters. The van der Waals surface area contributed by atoms with E-state index in [0.29, 0.717) is 6.42 Å². The fraction of sp³-hybridized carbons (Fsp3) is 0.800. The van der Waals surface area contributed by atoms with Crippen molar-refractivity contribution in [3.63, 3.8) is 0 Å². The number of hydrogen-bond donors (Lipinski definition) is 3. The normalized spacial score (nSPS) is 14.3. The summed E-state index contributed by atoms with van der Waals surface area (Å²) in [4.78, 5) is 21.6. The van der Waals surface area contributed by atoms with Gasteiger partial charge >= 0.3 is 12.0 Å². The van der Waals surface area contributed by atoms with Gasteiger partial charge in [-0.2, -0.15) is 0 Å². The van der Waals surface area contributed by atoms with Crippen LogP contribution in [-0.2, 0) is 4.79 Å². The van der Waals surface area contributed by atoms with Crippen molar-refractivity contribution in [2.45, 2.75) is 51.5 Å². The van der Waals surface area contributed by atoms with E-state index in [0.717, 1.165) is 25.7 Å². The van der Waals surface area contributed by atoms with Gasteiger partial charge in [-0.1, -0.05) is 32.6 Å². The summed E-state index contributed by atoms with van der Waals surface area (Å²) in [5.41, 5.74) is 3.70. The lowest BCUT2D eigenvalue weighted by Crippen LogP contribution is -2.53. The molecule has 5 nitrogen and oxygen atoms in total. The molecular formula is C10H20N2O3. The summed E-state index contributed by atoms with van der Waals surface area (Å²) in [5, 5.41) is 11.2. The molecule has 0 aromatic rings. The average Bonchev–Trinajstić information content (AvgIpc) is 2.11. The zero-order valence-corrected chi connectivity index (χ0v) is 9.38. The zero-order valence-electron chi connectivity index (χ0n) is 9.38. The maximum atomic E-state index is 11.0. The first kappa shape index (κ1) is 13.7. The third kappa shape index (κ3) is 5.24. The Balaban J connectivity index is 4.14. The number of rotatable bonds is 7. The highest BCUT2D eigenvalue weighted by molar-refractivity contribution is 5.85. The molecule has 15 heavy (non-hydrogen) atoms. The molecule has 0 rings (SSSR count). The second-order valence-electron chi connectivity index (χ2n) is 3.94. The van der Waals surface area contributed by atoms with Crippen molar-refractivity contribution in [3.8, 4) is 0 Å². The van der Waals surface area contributed by atoms with Crippen molar-refractivity contribution in [2.24, 2.45) is 5.73 Å². The van der Waals surface area contributed by atoms with Crippen LogP contribution in [0, 0.1) is 0 Å². The number of amides is 2. The van der Waals surface area contributed by atoms with Crippen LogP contribution in [-0.4, -0.2) is 22.6 Å². The van der Waals surface area contributed by atoms with Gasteiger partial charge in [0.2, 0.25) is 0 Å². The SMILES string of the molecule is CCCCCC[C@@](C)(NC(N)=O)C(=O)O. The van der Waals surface area contributed by atoms with Crippen LogP contribution in [0.4, 0.5) is 4.79 Å². The van der Waals surface area contributed by atoms with E-state index in [1.165, 1.54) is 6.92 Å². The third-order valence-corrected chi connectivity index (χ3v) is 2.40. The van der Waals surface area contributed by atoms with Crippen molar-refractivity contribution < 1.29 is 14.7 Å². The van der Waals surface area contributed by atoms with Gasteiger partial charge in [0.05, 0.1) is 0 Å². The summed E-state index contributed by atoms with van der Waals surface area (Å²) >= 11 is 0. The molecule has 5 heteroatoms. The van der Waals surface area contributed by atoms with Gasteiger partial charge in [0.25, 0.3) is 0 Å². The predicted molar refractivity (Wildman–Crippen MR) is 57.5 cm³/mol. The molecule has 0 saturated carbocycles. The van der Waals surface area contributed by atoms with Crippen LogP contribution in [0.3, 0.4) is 0 Å². The van der Waals surface area contributed by atoms with Crippen LogP contribution < -0.4 is 11.1 Å². The third-order valence-electron chi connectivity index (χ3n) is 2.40. The topological polar surface area (TPSA) is 92.4 Å². The number of unbranched alkanes of at least 4 members (excludes halogenated alkanes) is 3. The number of carbonyl (C=O) groups excluding carboxylic acids is 1. The molecule has 0 heterocycles. The number of carbonyl (C=O) groups is 2. The molecule has 0 aromatic carbocycles. The van der Waals surface area contributed by atoms with E-state index in [-0.39, 0.29) is 0 Å². The Kier molecular flexibility index (Phi) is 5.74. The fourth-order valence-corrected chi connectivity index (χ4v) is 1.40. The minimum atomic E-state index is -1.24. The molecule has 0 aliphatic carbocycles. The van der Waals surface area contributed by atoms with Crippen molar-refractivity contribution in [1.82, 2.24) is 5.32 Å². The monoisotopic (exact) mass is 216 g/mol. The Bertz CT molecular complexity index is 231. The Morgan fingerprint density at radius 3 is 2.33 bits per heavy atom. The second-order valence-corrected chi connectivity index (χ2v) is 3.94. The molecule has 2 amide bonds. The molecule has 4 N–H and O–H groups in total. The Hall–Kier alpha value is -1.26. The largest absolute Gasteiger partial charge is 0.480 e. The van der Waals surface area contributed by atoms with Gasteiger partial charge in [-0.05, 0) is 13.3 Å². The van der Waals surface area contributed by atoms with Gasteiger partial charge in [-0.25, -0.2) is 9.59 Å². The van der Waals surface area contributed by atoms with Crippen molar-refractivity contribution in [3.05, 3.63) is 0 Å². The number of hydrogen-bond acceptors (Lipinski definition) is 2. The van der Waals surface area contributed by atoms with Crippen LogP contribution in [0.5, 0.6) is 0 Å². The standard InChI is InChI=1S/C10H20N2O3/c1-3-4-5-6-7-10(2,8(13)14)12-9(11)15/h3-7H2,1-2H3,(H,13,14)(H3,11,12,15)/t10-/m1/s1. The molecule has 0 radical (unpaired) electrons. The zero-order chi connectivity index (χ0) is 11.9. The smallest absolute Gasteiger partial charge is 0.329 e. The first-order valence-corrected chi connectivity index (χ1v) is 5.23. The number of aliphatic carboxylic acids is 1. The summed E-state index contributed by atoms with van der Waals surface area (Å²) in [6, 6.07) is -0.796. The van der Waals surface area contributed by atoms with E-state index < -0.39 is 17.5 Å². The van der Waals surface area contributed by atoms with Crippen molar-refractivity contribution >= 4 is 12.0 Å². The molecule has 0 aromatic heterocycles. The second kappa shape index (κ2) is 6.27. The molecule has 0 bridgehead atoms. The number of carboxylic acid groups (broad SMARTS) is 1.